The van der Waals surface area contributed by atoms with Crippen LogP contribution in [0.15, 0.2) is 24.4 Å². The largest absolute Gasteiger partial charge is 0.478 e. The van der Waals surface area contributed by atoms with E-state index in [4.69, 9.17) is 4.74 Å². The molecule has 1 aromatic carbocycles. The van der Waals surface area contributed by atoms with E-state index < -0.39 is 6.10 Å². The second-order valence-corrected chi connectivity index (χ2v) is 6.52. The second-order valence-electron chi connectivity index (χ2n) is 6.52. The lowest BCUT2D eigenvalue weighted by Crippen LogP contribution is -2.36. The summed E-state index contributed by atoms with van der Waals surface area (Å²) in [5.41, 5.74) is 3.21. The smallest absolute Gasteiger partial charge is 0.265 e. The first-order valence-electron chi connectivity index (χ1n) is 8.46. The molecular weight excluding hydrogens is 320 g/mol. The van der Waals surface area contributed by atoms with E-state index in [0.717, 1.165) is 24.8 Å². The number of rotatable bonds is 2. The molecule has 1 aromatic heterocycles. The van der Waals surface area contributed by atoms with E-state index in [1.807, 2.05) is 17.9 Å². The van der Waals surface area contributed by atoms with Gasteiger partial charge in [0.15, 0.2) is 11.9 Å². The van der Waals surface area contributed by atoms with Gasteiger partial charge in [-0.25, -0.2) is 0 Å². The average molecular weight is 340 g/mol. The molecule has 2 amide bonds. The Bertz CT molecular complexity index is 858. The number of hydrogen-bond donors (Lipinski definition) is 2. The number of ether oxygens (including phenoxy) is 1. The molecule has 0 bridgehead atoms. The van der Waals surface area contributed by atoms with Crippen LogP contribution < -0.4 is 15.4 Å². The lowest BCUT2D eigenvalue weighted by molar-refractivity contribution is -0.122. The van der Waals surface area contributed by atoms with Crippen molar-refractivity contribution >= 4 is 17.5 Å². The van der Waals surface area contributed by atoms with Crippen molar-refractivity contribution in [1.82, 2.24) is 15.1 Å². The van der Waals surface area contributed by atoms with Gasteiger partial charge in [0, 0.05) is 18.3 Å². The van der Waals surface area contributed by atoms with E-state index in [0.29, 0.717) is 17.0 Å². The highest BCUT2D eigenvalue weighted by Crippen LogP contribution is 2.34. The highest BCUT2D eigenvalue weighted by atomic mass is 16.5. The Kier molecular flexibility index (Phi) is 3.71. The fourth-order valence-corrected chi connectivity index (χ4v) is 3.50. The molecular formula is C18H20N4O3. The fourth-order valence-electron chi connectivity index (χ4n) is 3.50. The van der Waals surface area contributed by atoms with Crippen LogP contribution in [0.2, 0.25) is 0 Å². The maximum absolute atomic E-state index is 12.9. The summed E-state index contributed by atoms with van der Waals surface area (Å²) in [5, 5.41) is 10.2. The number of anilines is 1. The van der Waals surface area contributed by atoms with Crippen LogP contribution in [0, 0.1) is 0 Å². The maximum atomic E-state index is 12.9. The third-order valence-electron chi connectivity index (χ3n) is 4.86. The van der Waals surface area contributed by atoms with Gasteiger partial charge in [0.1, 0.15) is 0 Å². The van der Waals surface area contributed by atoms with Crippen LogP contribution in [0.5, 0.6) is 5.75 Å². The van der Waals surface area contributed by atoms with Crippen molar-refractivity contribution in [2.75, 3.05) is 5.32 Å². The van der Waals surface area contributed by atoms with Gasteiger partial charge >= 0.3 is 0 Å². The molecule has 130 valence electrons. The van der Waals surface area contributed by atoms with E-state index in [-0.39, 0.29) is 17.9 Å². The summed E-state index contributed by atoms with van der Waals surface area (Å²) in [6.07, 6.45) is 4.08. The SMILES string of the molecule is C[C@H]1Oc2c(cccc2C(=O)N[C@@H]2CCCc3c2cnn3C)NC1=O. The molecule has 7 nitrogen and oxygen atoms in total. The molecule has 0 unspecified atom stereocenters. The van der Waals surface area contributed by atoms with Gasteiger partial charge in [0.25, 0.3) is 11.8 Å². The van der Waals surface area contributed by atoms with E-state index in [2.05, 4.69) is 15.7 Å². The number of fused-ring (bicyclic) bond motifs is 2. The Morgan fingerprint density at radius 3 is 3.12 bits per heavy atom. The molecule has 4 rings (SSSR count). The zero-order valence-corrected chi connectivity index (χ0v) is 14.2. The van der Waals surface area contributed by atoms with E-state index >= 15 is 0 Å². The highest BCUT2D eigenvalue weighted by molar-refractivity contribution is 6.04. The lowest BCUT2D eigenvalue weighted by atomic mass is 9.92. The van der Waals surface area contributed by atoms with Crippen molar-refractivity contribution in [3.05, 3.63) is 41.2 Å². The molecule has 0 saturated heterocycles. The summed E-state index contributed by atoms with van der Waals surface area (Å²) < 4.78 is 7.54. The molecule has 2 aliphatic rings. The van der Waals surface area contributed by atoms with Crippen LogP contribution in [-0.4, -0.2) is 27.7 Å². The number of aryl methyl sites for hydroxylation is 1. The molecule has 7 heteroatoms. The molecule has 0 spiro atoms. The molecule has 0 radical (unpaired) electrons. The minimum atomic E-state index is -0.624. The van der Waals surface area contributed by atoms with Crippen molar-refractivity contribution in [1.29, 1.82) is 0 Å². The molecule has 2 aromatic rings. The fraction of sp³-hybridized carbons (Fsp3) is 0.389. The molecule has 2 atom stereocenters. The number of aromatic nitrogens is 2. The van der Waals surface area contributed by atoms with Gasteiger partial charge in [-0.3, -0.25) is 14.3 Å². The number of hydrogen-bond acceptors (Lipinski definition) is 4. The van der Waals surface area contributed by atoms with Gasteiger partial charge in [-0.1, -0.05) is 6.07 Å². The maximum Gasteiger partial charge on any atom is 0.265 e. The first-order valence-corrected chi connectivity index (χ1v) is 8.46. The van der Waals surface area contributed by atoms with Gasteiger partial charge in [-0.05, 0) is 38.3 Å². The number of carbonyl (C=O) groups is 2. The second kappa shape index (κ2) is 5.91. The standard InChI is InChI=1S/C18H20N4O3/c1-10-17(23)21-14-7-3-5-11(16(14)25-10)18(24)20-13-6-4-8-15-12(13)9-19-22(15)2/h3,5,7,9-10,13H,4,6,8H2,1-2H3,(H,20,24)(H,21,23)/t10-,13-/m1/s1. The normalized spacial score (nSPS) is 21.6. The summed E-state index contributed by atoms with van der Waals surface area (Å²) >= 11 is 0. The van der Waals surface area contributed by atoms with Crippen molar-refractivity contribution in [2.24, 2.45) is 7.05 Å². The summed E-state index contributed by atoms with van der Waals surface area (Å²) in [5.74, 6) is 0.00793. The molecule has 25 heavy (non-hydrogen) atoms. The number of amides is 2. The molecule has 1 aliphatic heterocycles. The van der Waals surface area contributed by atoms with Crippen LogP contribution in [0.1, 0.15) is 47.4 Å². The van der Waals surface area contributed by atoms with Gasteiger partial charge in [-0.15, -0.1) is 0 Å². The Morgan fingerprint density at radius 1 is 1.44 bits per heavy atom. The van der Waals surface area contributed by atoms with Crippen LogP contribution in [0.3, 0.4) is 0 Å². The van der Waals surface area contributed by atoms with Crippen LogP contribution in [-0.2, 0) is 18.3 Å². The predicted octanol–water partition coefficient (Wildman–Crippen LogP) is 1.95. The topological polar surface area (TPSA) is 85.2 Å². The lowest BCUT2D eigenvalue weighted by Gasteiger charge is -2.27. The van der Waals surface area contributed by atoms with Crippen LogP contribution in [0.4, 0.5) is 5.69 Å². The summed E-state index contributed by atoms with van der Waals surface area (Å²) in [6, 6.07) is 5.13. The van der Waals surface area contributed by atoms with Crippen molar-refractivity contribution < 1.29 is 14.3 Å². The number of benzene rings is 1. The van der Waals surface area contributed by atoms with Gasteiger partial charge < -0.3 is 15.4 Å². The van der Waals surface area contributed by atoms with Gasteiger partial charge in [0.05, 0.1) is 23.5 Å². The summed E-state index contributed by atoms with van der Waals surface area (Å²) in [6.45, 7) is 1.66. The van der Waals surface area contributed by atoms with Crippen molar-refractivity contribution in [2.45, 2.75) is 38.3 Å². The first kappa shape index (κ1) is 15.7. The van der Waals surface area contributed by atoms with Crippen LogP contribution in [0.25, 0.3) is 0 Å². The monoisotopic (exact) mass is 340 g/mol. The Hall–Kier alpha value is -2.83. The summed E-state index contributed by atoms with van der Waals surface area (Å²) in [4.78, 5) is 24.6. The first-order chi connectivity index (χ1) is 12.0. The third-order valence-corrected chi connectivity index (χ3v) is 4.86. The Labute approximate surface area is 145 Å². The molecule has 0 saturated carbocycles. The van der Waals surface area contributed by atoms with E-state index in [1.165, 1.54) is 5.69 Å². The third kappa shape index (κ3) is 2.65. The molecule has 1 aliphatic carbocycles. The zero-order chi connectivity index (χ0) is 17.6. The summed E-state index contributed by atoms with van der Waals surface area (Å²) in [7, 11) is 1.93. The number of nitrogens with zero attached hydrogens (tertiary/aromatic N) is 2. The van der Waals surface area contributed by atoms with Crippen LogP contribution >= 0.6 is 0 Å². The minimum Gasteiger partial charge on any atom is -0.478 e. The quantitative estimate of drug-likeness (QED) is 0.875. The average Bonchev–Trinajstić information content (AvgIpc) is 2.98. The molecule has 0 fully saturated rings. The minimum absolute atomic E-state index is 0.0589. The number of carbonyl (C=O) groups excluding carboxylic acids is 2. The number of nitrogens with one attached hydrogen (secondary N) is 2. The Balaban J connectivity index is 1.61. The molecule has 2 N–H and O–H groups in total. The van der Waals surface area contributed by atoms with Gasteiger partial charge in [0.2, 0.25) is 0 Å². The van der Waals surface area contributed by atoms with E-state index in [9.17, 15) is 9.59 Å². The zero-order valence-electron chi connectivity index (χ0n) is 14.2. The van der Waals surface area contributed by atoms with Crippen molar-refractivity contribution in [3.63, 3.8) is 0 Å². The molecule has 2 heterocycles. The number of para-hydroxylation sites is 1. The van der Waals surface area contributed by atoms with Gasteiger partial charge in [-0.2, -0.15) is 5.10 Å². The highest BCUT2D eigenvalue weighted by Gasteiger charge is 2.30. The van der Waals surface area contributed by atoms with Crippen molar-refractivity contribution in [3.8, 4) is 5.75 Å². The Morgan fingerprint density at radius 2 is 2.28 bits per heavy atom. The predicted molar refractivity (Wildman–Crippen MR) is 91.5 cm³/mol. The van der Waals surface area contributed by atoms with E-state index in [1.54, 1.807) is 25.1 Å².